The van der Waals surface area contributed by atoms with Gasteiger partial charge in [0.15, 0.2) is 52.2 Å². The van der Waals surface area contributed by atoms with Gasteiger partial charge < -0.3 is 0 Å². The molecule has 6 rings (SSSR count). The summed E-state index contributed by atoms with van der Waals surface area (Å²) in [6.45, 7) is 1.34. The number of nitrogens with zero attached hydrogens (tertiary/aromatic N) is 3. The predicted molar refractivity (Wildman–Crippen MR) is 179 cm³/mol. The van der Waals surface area contributed by atoms with Crippen LogP contribution in [0.3, 0.4) is 0 Å². The summed E-state index contributed by atoms with van der Waals surface area (Å²) < 4.78 is 174. The Bertz CT molecular complexity index is 1990. The molecule has 57 heavy (non-hydrogen) atoms. The van der Waals surface area contributed by atoms with Gasteiger partial charge in [-0.1, -0.05) is 13.5 Å². The largest absolute Gasteiger partial charge is 0.294 e. The van der Waals surface area contributed by atoms with Gasteiger partial charge in [0.1, 0.15) is 36.6 Å². The minimum atomic E-state index is -1.65. The van der Waals surface area contributed by atoms with Crippen LogP contribution < -0.4 is 9.88 Å². The van der Waals surface area contributed by atoms with Gasteiger partial charge in [-0.05, 0) is 55.3 Å². The van der Waals surface area contributed by atoms with Gasteiger partial charge in [-0.15, -0.1) is 0 Å². The first-order valence-corrected chi connectivity index (χ1v) is 15.2. The van der Waals surface area contributed by atoms with E-state index in [1.807, 2.05) is 6.92 Å². The average molecular weight is 824 g/mol. The molecular formula is C38H27F14N3O2. The van der Waals surface area contributed by atoms with Crippen LogP contribution in [0.5, 0.6) is 11.5 Å². The van der Waals surface area contributed by atoms with E-state index in [4.69, 9.17) is 0 Å². The van der Waals surface area contributed by atoms with E-state index in [-0.39, 0.29) is 18.8 Å². The van der Waals surface area contributed by atoms with Crippen molar-refractivity contribution < 1.29 is 71.6 Å². The average Bonchev–Trinajstić information content (AvgIpc) is 3.16. The molecule has 0 aliphatic heterocycles. The highest BCUT2D eigenvalue weighted by Gasteiger charge is 2.15. The Morgan fingerprint density at radius 1 is 0.456 bits per heavy atom. The highest BCUT2D eigenvalue weighted by atomic mass is 19.3. The number of hydrogen-bond donors (Lipinski definition) is 0. The van der Waals surface area contributed by atoms with Gasteiger partial charge >= 0.3 is 0 Å². The zero-order valence-corrected chi connectivity index (χ0v) is 28.4. The molecule has 0 aliphatic rings. The molecule has 2 heterocycles. The fraction of sp³-hybridized carbons (Fsp3) is 0.132. The van der Waals surface area contributed by atoms with Crippen molar-refractivity contribution in [2.24, 2.45) is 0 Å². The maximum Gasteiger partial charge on any atom is 0.194 e. The van der Waals surface area contributed by atoms with Gasteiger partial charge in [0, 0.05) is 63.0 Å². The normalized spacial score (nSPS) is 10.1. The number of halogens is 14. The molecule has 0 saturated carbocycles. The van der Waals surface area contributed by atoms with E-state index in [1.165, 1.54) is 0 Å². The molecule has 6 aromatic rings. The van der Waals surface area contributed by atoms with Crippen LogP contribution in [0, 0.1) is 72.0 Å². The third-order valence-corrected chi connectivity index (χ3v) is 6.89. The third-order valence-electron chi connectivity index (χ3n) is 6.89. The van der Waals surface area contributed by atoms with Crippen LogP contribution in [-0.2, 0) is 13.3 Å². The number of aryl methyl sites for hydroxylation is 2. The Hall–Kier alpha value is -6.27. The van der Waals surface area contributed by atoms with E-state index in [0.717, 1.165) is 35.4 Å². The summed E-state index contributed by atoms with van der Waals surface area (Å²) in [5.74, 6) is -14.1. The Morgan fingerprint density at radius 2 is 0.807 bits per heavy atom. The van der Waals surface area contributed by atoms with Crippen LogP contribution in [0.4, 0.5) is 61.7 Å². The van der Waals surface area contributed by atoms with E-state index in [1.54, 1.807) is 37.6 Å². The molecule has 4 aromatic carbocycles. The number of benzene rings is 4. The second-order valence-electron chi connectivity index (χ2n) is 11.0. The minimum absolute atomic E-state index is 0. The number of aromatic nitrogens is 3. The van der Waals surface area contributed by atoms with Gasteiger partial charge in [-0.2, -0.15) is 0 Å². The van der Waals surface area contributed by atoms with E-state index < -0.39 is 94.1 Å². The Labute approximate surface area is 315 Å². The molecule has 0 amide bonds. The number of pyridine rings is 1. The lowest BCUT2D eigenvalue weighted by molar-refractivity contribution is -0.00711. The lowest BCUT2D eigenvalue weighted by atomic mass is 10.1. The zero-order valence-electron chi connectivity index (χ0n) is 28.4. The summed E-state index contributed by atoms with van der Waals surface area (Å²) in [5.41, 5.74) is 1.64. The first-order valence-electron chi connectivity index (χ1n) is 15.2. The van der Waals surface area contributed by atoms with Crippen LogP contribution in [-0.4, -0.2) is 15.0 Å². The smallest absolute Gasteiger partial charge is 0.194 e. The third kappa shape index (κ3) is 12.9. The molecule has 0 spiro atoms. The maximum absolute atomic E-state index is 13.4. The van der Waals surface area contributed by atoms with E-state index in [9.17, 15) is 61.7 Å². The molecule has 0 atom stereocenters. The maximum atomic E-state index is 13.4. The number of rotatable bonds is 6. The lowest BCUT2D eigenvalue weighted by Gasteiger charge is -2.05. The lowest BCUT2D eigenvalue weighted by Crippen LogP contribution is -1.96. The highest BCUT2D eigenvalue weighted by molar-refractivity contribution is 5.60. The first kappa shape index (κ1) is 46.9. The summed E-state index contributed by atoms with van der Waals surface area (Å²) in [5, 5.41) is 0. The number of hydrogen-bond acceptors (Lipinski definition) is 5. The summed E-state index contributed by atoms with van der Waals surface area (Å²) in [6.07, 6.45) is 4.69. The van der Waals surface area contributed by atoms with Crippen LogP contribution in [0.1, 0.15) is 29.7 Å². The van der Waals surface area contributed by atoms with E-state index in [2.05, 4.69) is 24.8 Å². The van der Waals surface area contributed by atoms with Crippen molar-refractivity contribution in [3.8, 4) is 34.1 Å². The van der Waals surface area contributed by atoms with Crippen molar-refractivity contribution in [1.29, 1.82) is 0 Å². The minimum Gasteiger partial charge on any atom is -0.294 e. The molecule has 2 aromatic heterocycles. The molecule has 0 unspecified atom stereocenters. The molecular weight excluding hydrogens is 796 g/mol. The van der Waals surface area contributed by atoms with E-state index in [0.29, 0.717) is 35.5 Å². The van der Waals surface area contributed by atoms with Crippen LogP contribution in [0.25, 0.3) is 22.6 Å². The first-order chi connectivity index (χ1) is 26.5. The summed E-state index contributed by atoms with van der Waals surface area (Å²) in [6, 6.07) is 9.31. The van der Waals surface area contributed by atoms with Crippen molar-refractivity contribution in [3.05, 3.63) is 160 Å². The van der Waals surface area contributed by atoms with Crippen LogP contribution in [0.2, 0.25) is 0 Å². The van der Waals surface area contributed by atoms with Crippen molar-refractivity contribution >= 4 is 0 Å². The standard InChI is InChI=1S/C13H10F3N.C12H9F3N2.2C6H2F4O.CH4/c1-8-2-3-13(17-7-8)9-4-11(15)10(6-14)12(16)5-9;1-7-5-16-12(17-6-7)8-2-10(14)9(4-13)11(15)3-8;2*7-4-1-3(11-10)2-5(8)6(4)9;/h2-5,7H,6H2,1H3;2-3,5-6H,4H2,1H3;2*1-2H;1H4. The van der Waals surface area contributed by atoms with Crippen molar-refractivity contribution in [1.82, 2.24) is 15.0 Å². The van der Waals surface area contributed by atoms with Crippen molar-refractivity contribution in [2.45, 2.75) is 34.6 Å². The molecule has 0 N–H and O–H groups in total. The Morgan fingerprint density at radius 3 is 1.12 bits per heavy atom. The van der Waals surface area contributed by atoms with E-state index >= 15 is 0 Å². The second-order valence-corrected chi connectivity index (χ2v) is 11.0. The second kappa shape index (κ2) is 21.7. The quantitative estimate of drug-likeness (QED) is 0.124. The zero-order chi connectivity index (χ0) is 41.7. The predicted octanol–water partition coefficient (Wildman–Crippen LogP) is 12.4. The molecule has 0 aliphatic carbocycles. The van der Waals surface area contributed by atoms with Crippen molar-refractivity contribution in [3.63, 3.8) is 0 Å². The summed E-state index contributed by atoms with van der Waals surface area (Å²) in [4.78, 5) is 17.9. The Kier molecular flexibility index (Phi) is 17.9. The summed E-state index contributed by atoms with van der Waals surface area (Å²) in [7, 11) is 0. The van der Waals surface area contributed by atoms with Gasteiger partial charge in [0.25, 0.3) is 0 Å². The Balaban J connectivity index is 0.000000266. The molecule has 0 radical (unpaired) electrons. The highest BCUT2D eigenvalue weighted by Crippen LogP contribution is 2.25. The molecule has 0 bridgehead atoms. The van der Waals surface area contributed by atoms with Gasteiger partial charge in [0.05, 0.1) is 16.8 Å². The fourth-order valence-corrected chi connectivity index (χ4v) is 4.07. The molecule has 19 heteroatoms. The van der Waals surface area contributed by atoms with Crippen LogP contribution in [0.15, 0.2) is 79.3 Å². The molecule has 0 saturated heterocycles. The topological polar surface area (TPSA) is 57.1 Å². The summed E-state index contributed by atoms with van der Waals surface area (Å²) >= 11 is 0. The molecule has 304 valence electrons. The van der Waals surface area contributed by atoms with Crippen LogP contribution >= 0.6 is 0 Å². The fourth-order valence-electron chi connectivity index (χ4n) is 4.07. The van der Waals surface area contributed by atoms with Gasteiger partial charge in [0.2, 0.25) is 0 Å². The van der Waals surface area contributed by atoms with Crippen molar-refractivity contribution in [2.75, 3.05) is 0 Å². The molecule has 0 fully saturated rings. The van der Waals surface area contributed by atoms with Gasteiger partial charge in [-0.25, -0.2) is 62.7 Å². The molecule has 5 nitrogen and oxygen atoms in total. The SMILES string of the molecule is C.Cc1ccc(-c2cc(F)c(CF)c(F)c2)nc1.Cc1cnc(-c2cc(F)c(CF)c(F)c2)nc1.FOc1cc(F)c(F)c(F)c1.FOc1cc(F)c(F)c(F)c1. The monoisotopic (exact) mass is 823 g/mol. The van der Waals surface area contributed by atoms with Gasteiger partial charge in [-0.3, -0.25) is 14.9 Å². The number of alkyl halides is 2.